The predicted molar refractivity (Wildman–Crippen MR) is 158 cm³/mol. The Labute approximate surface area is 238 Å². The normalized spacial score (nSPS) is 17.2. The van der Waals surface area contributed by atoms with E-state index in [2.05, 4.69) is 27.8 Å². The third-order valence-corrected chi connectivity index (χ3v) is 8.95. The maximum atomic E-state index is 13.5. The van der Waals surface area contributed by atoms with Crippen molar-refractivity contribution in [2.75, 3.05) is 27.9 Å². The van der Waals surface area contributed by atoms with Crippen molar-refractivity contribution < 1.29 is 19.1 Å². The van der Waals surface area contributed by atoms with Crippen LogP contribution in [0.3, 0.4) is 0 Å². The Bertz CT molecular complexity index is 1440. The van der Waals surface area contributed by atoms with E-state index in [1.54, 1.807) is 24.1 Å². The molecule has 1 aromatic heterocycles. The standard InChI is InChI=1S/C28H26N4O4S3/c1-2-36-26(34)15-19-16-38-27(29-19)31-25(33)17-37-20-9-7-8-18(14-20)30-28(35)32-21-10-3-5-12-23(21)39-24-13-6-4-11-22(24)32/h3-14,16,21,23H,2,15,17H2,1H3,(H,30,35)(H,29,31,33). The number of hydrogen-bond donors (Lipinski definition) is 2. The van der Waals surface area contributed by atoms with Crippen molar-refractivity contribution in [2.45, 2.75) is 34.4 Å². The summed E-state index contributed by atoms with van der Waals surface area (Å²) in [5, 5.41) is 8.12. The molecule has 11 heteroatoms. The maximum absolute atomic E-state index is 13.5. The number of carbonyl (C=O) groups is 3. The largest absolute Gasteiger partial charge is 0.466 e. The number of aromatic nitrogens is 1. The van der Waals surface area contributed by atoms with Crippen molar-refractivity contribution >= 4 is 69.3 Å². The number of benzene rings is 2. The Kier molecular flexibility index (Phi) is 8.70. The van der Waals surface area contributed by atoms with Crippen molar-refractivity contribution in [3.05, 3.63) is 83.9 Å². The fraction of sp³-hybridized carbons (Fsp3) is 0.214. The molecule has 0 bridgehead atoms. The van der Waals surface area contributed by atoms with E-state index in [0.29, 0.717) is 23.1 Å². The van der Waals surface area contributed by atoms with Crippen molar-refractivity contribution in [2.24, 2.45) is 0 Å². The number of nitrogens with zero attached hydrogens (tertiary/aromatic N) is 2. The van der Waals surface area contributed by atoms with E-state index in [1.807, 2.05) is 65.6 Å². The van der Waals surface area contributed by atoms with Gasteiger partial charge in [0, 0.05) is 20.9 Å². The first-order valence-corrected chi connectivity index (χ1v) is 15.1. The molecule has 0 radical (unpaired) electrons. The van der Waals surface area contributed by atoms with Crippen LogP contribution in [0.5, 0.6) is 0 Å². The number of thioether (sulfide) groups is 2. The van der Waals surface area contributed by atoms with E-state index in [-0.39, 0.29) is 41.4 Å². The van der Waals surface area contributed by atoms with Crippen LogP contribution >= 0.6 is 34.9 Å². The van der Waals surface area contributed by atoms with E-state index in [1.165, 1.54) is 23.1 Å². The minimum atomic E-state index is -0.349. The van der Waals surface area contributed by atoms with Crippen molar-refractivity contribution in [3.8, 4) is 0 Å². The van der Waals surface area contributed by atoms with E-state index < -0.39 is 0 Å². The molecule has 2 aromatic carbocycles. The highest BCUT2D eigenvalue weighted by Gasteiger charge is 2.36. The van der Waals surface area contributed by atoms with Crippen LogP contribution in [0.4, 0.5) is 21.3 Å². The summed E-state index contributed by atoms with van der Waals surface area (Å²) in [7, 11) is 0. The Balaban J connectivity index is 1.19. The molecule has 0 saturated heterocycles. The second kappa shape index (κ2) is 12.5. The Hall–Kier alpha value is -3.54. The van der Waals surface area contributed by atoms with Crippen molar-refractivity contribution in [1.29, 1.82) is 0 Å². The molecule has 1 aliphatic heterocycles. The molecular formula is C28H26N4O4S3. The Morgan fingerprint density at radius 1 is 1.08 bits per heavy atom. The van der Waals surface area contributed by atoms with Gasteiger partial charge in [-0.3, -0.25) is 14.5 Å². The van der Waals surface area contributed by atoms with E-state index >= 15 is 0 Å². The molecule has 2 unspecified atom stereocenters. The highest BCUT2D eigenvalue weighted by atomic mass is 32.2. The summed E-state index contributed by atoms with van der Waals surface area (Å²) in [5.41, 5.74) is 2.10. The second-order valence-electron chi connectivity index (χ2n) is 8.60. The zero-order valence-electron chi connectivity index (χ0n) is 21.0. The summed E-state index contributed by atoms with van der Waals surface area (Å²) in [4.78, 5) is 45.6. The monoisotopic (exact) mass is 578 g/mol. The fourth-order valence-electron chi connectivity index (χ4n) is 4.18. The van der Waals surface area contributed by atoms with Crippen LogP contribution in [0, 0.1) is 0 Å². The average Bonchev–Trinajstić information content (AvgIpc) is 3.37. The number of carbonyl (C=O) groups excluding carboxylic acids is 3. The van der Waals surface area contributed by atoms with E-state index in [4.69, 9.17) is 4.74 Å². The molecule has 1 aliphatic carbocycles. The topological polar surface area (TPSA) is 101 Å². The van der Waals surface area contributed by atoms with E-state index in [9.17, 15) is 14.4 Å². The fourth-order valence-corrected chi connectivity index (χ4v) is 6.92. The van der Waals surface area contributed by atoms with Gasteiger partial charge in [0.15, 0.2) is 5.13 Å². The van der Waals surface area contributed by atoms with Gasteiger partial charge >= 0.3 is 12.0 Å². The quantitative estimate of drug-likeness (QED) is 0.250. The van der Waals surface area contributed by atoms with Crippen molar-refractivity contribution in [1.82, 2.24) is 4.98 Å². The molecule has 3 amide bonds. The van der Waals surface area contributed by atoms with Gasteiger partial charge in [0.05, 0.1) is 41.5 Å². The molecule has 8 nitrogen and oxygen atoms in total. The molecule has 39 heavy (non-hydrogen) atoms. The zero-order valence-corrected chi connectivity index (χ0v) is 23.5. The van der Waals surface area contributed by atoms with Crippen LogP contribution in [0.25, 0.3) is 0 Å². The number of para-hydroxylation sites is 1. The molecule has 0 fully saturated rings. The summed E-state index contributed by atoms with van der Waals surface area (Å²) < 4.78 is 4.93. The summed E-state index contributed by atoms with van der Waals surface area (Å²) in [5.74, 6) is -0.391. The van der Waals surface area contributed by atoms with Crippen LogP contribution in [-0.2, 0) is 20.7 Å². The molecule has 200 valence electrons. The summed E-state index contributed by atoms with van der Waals surface area (Å²) >= 11 is 4.38. The number of hydrogen-bond acceptors (Lipinski definition) is 8. The van der Waals surface area contributed by atoms with Gasteiger partial charge in [0.25, 0.3) is 0 Å². The number of ether oxygens (including phenoxy) is 1. The van der Waals surface area contributed by atoms with Crippen LogP contribution in [0.2, 0.25) is 0 Å². The molecule has 0 spiro atoms. The van der Waals surface area contributed by atoms with Gasteiger partial charge in [-0.1, -0.05) is 42.5 Å². The minimum Gasteiger partial charge on any atom is -0.466 e. The molecule has 2 aliphatic rings. The highest BCUT2D eigenvalue weighted by molar-refractivity contribution is 8.00. The Morgan fingerprint density at radius 3 is 2.79 bits per heavy atom. The number of nitrogens with one attached hydrogen (secondary N) is 2. The number of thiazole rings is 1. The van der Waals surface area contributed by atoms with Gasteiger partial charge in [-0.05, 0) is 37.3 Å². The summed E-state index contributed by atoms with van der Waals surface area (Å²) in [6.07, 6.45) is 8.25. The molecular weight excluding hydrogens is 553 g/mol. The number of fused-ring (bicyclic) bond motifs is 2. The van der Waals surface area contributed by atoms with Gasteiger partial charge in [0.2, 0.25) is 5.91 Å². The lowest BCUT2D eigenvalue weighted by Crippen LogP contribution is -2.49. The SMILES string of the molecule is CCOC(=O)Cc1csc(NC(=O)CSc2cccc(NC(=O)N3c4ccccc4SC4C=CC=CC43)c2)n1. The number of allylic oxidation sites excluding steroid dienone is 2. The number of urea groups is 1. The Morgan fingerprint density at radius 2 is 1.92 bits per heavy atom. The highest BCUT2D eigenvalue weighted by Crippen LogP contribution is 2.43. The van der Waals surface area contributed by atoms with Crippen LogP contribution in [0.15, 0.2) is 88.0 Å². The lowest BCUT2D eigenvalue weighted by molar-refractivity contribution is -0.142. The van der Waals surface area contributed by atoms with Gasteiger partial charge in [-0.2, -0.15) is 0 Å². The predicted octanol–water partition coefficient (Wildman–Crippen LogP) is 5.99. The molecule has 2 heterocycles. The third-order valence-electron chi connectivity index (χ3n) is 5.85. The van der Waals surface area contributed by atoms with Gasteiger partial charge in [-0.15, -0.1) is 34.9 Å². The molecule has 3 aromatic rings. The first-order chi connectivity index (χ1) is 19.0. The third kappa shape index (κ3) is 6.73. The first-order valence-electron chi connectivity index (χ1n) is 12.3. The van der Waals surface area contributed by atoms with Gasteiger partial charge in [-0.25, -0.2) is 9.78 Å². The van der Waals surface area contributed by atoms with Crippen LogP contribution in [-0.4, -0.2) is 46.5 Å². The maximum Gasteiger partial charge on any atom is 0.326 e. The molecule has 2 atom stereocenters. The van der Waals surface area contributed by atoms with Crippen LogP contribution < -0.4 is 15.5 Å². The lowest BCUT2D eigenvalue weighted by Gasteiger charge is -2.40. The number of anilines is 3. The average molecular weight is 579 g/mol. The van der Waals surface area contributed by atoms with Gasteiger partial charge in [0.1, 0.15) is 0 Å². The van der Waals surface area contributed by atoms with E-state index in [0.717, 1.165) is 15.5 Å². The van der Waals surface area contributed by atoms with Crippen molar-refractivity contribution in [3.63, 3.8) is 0 Å². The van der Waals surface area contributed by atoms with Crippen LogP contribution in [0.1, 0.15) is 12.6 Å². The smallest absolute Gasteiger partial charge is 0.326 e. The molecule has 5 rings (SSSR count). The van der Waals surface area contributed by atoms with Gasteiger partial charge < -0.3 is 15.4 Å². The lowest BCUT2D eigenvalue weighted by atomic mass is 10.1. The summed E-state index contributed by atoms with van der Waals surface area (Å²) in [6.45, 7) is 2.07. The first kappa shape index (κ1) is 27.0. The number of rotatable bonds is 8. The molecule has 0 saturated carbocycles. The minimum absolute atomic E-state index is 0.0731. The number of esters is 1. The zero-order chi connectivity index (χ0) is 27.2. The summed E-state index contributed by atoms with van der Waals surface area (Å²) in [6, 6.07) is 15.1. The number of amides is 3. The second-order valence-corrected chi connectivity index (χ2v) is 11.7. The molecule has 2 N–H and O–H groups in total.